The summed E-state index contributed by atoms with van der Waals surface area (Å²) < 4.78 is 5.13. The third-order valence-corrected chi connectivity index (χ3v) is 4.04. The van der Waals surface area contributed by atoms with Crippen LogP contribution in [-0.2, 0) is 6.42 Å². The van der Waals surface area contributed by atoms with Gasteiger partial charge in [0.2, 0.25) is 0 Å². The van der Waals surface area contributed by atoms with E-state index in [2.05, 4.69) is 46.6 Å². The van der Waals surface area contributed by atoms with Crippen LogP contribution in [0.2, 0.25) is 0 Å². The van der Waals surface area contributed by atoms with Gasteiger partial charge in [0.25, 0.3) is 0 Å². The van der Waals surface area contributed by atoms with Gasteiger partial charge in [-0.1, -0.05) is 18.2 Å². The van der Waals surface area contributed by atoms with Gasteiger partial charge < -0.3 is 20.8 Å². The second kappa shape index (κ2) is 8.75. The van der Waals surface area contributed by atoms with E-state index in [4.69, 9.17) is 10.5 Å². The highest BCUT2D eigenvalue weighted by atomic mass is 127. The summed E-state index contributed by atoms with van der Waals surface area (Å²) >= 11 is 0. The monoisotopic (exact) mass is 450 g/mol. The van der Waals surface area contributed by atoms with E-state index < -0.39 is 0 Å². The zero-order valence-corrected chi connectivity index (χ0v) is 16.7. The molecule has 3 rings (SSSR count). The average Bonchev–Trinajstić information content (AvgIpc) is 3.00. The number of nitrogens with zero attached hydrogens (tertiary/aromatic N) is 1. The second-order valence-corrected chi connectivity index (χ2v) is 5.68. The summed E-state index contributed by atoms with van der Waals surface area (Å²) in [5.41, 5.74) is 10.5. The molecule has 0 saturated heterocycles. The van der Waals surface area contributed by atoms with Crippen molar-refractivity contribution in [1.29, 1.82) is 0 Å². The minimum Gasteiger partial charge on any atom is -0.497 e. The van der Waals surface area contributed by atoms with Crippen LogP contribution in [-0.4, -0.2) is 24.6 Å². The Balaban J connectivity index is 0.00000225. The van der Waals surface area contributed by atoms with E-state index >= 15 is 0 Å². The third-order valence-electron chi connectivity index (χ3n) is 4.04. The molecule has 0 unspecified atom stereocenters. The molecule has 25 heavy (non-hydrogen) atoms. The predicted molar refractivity (Wildman–Crippen MR) is 115 cm³/mol. The lowest BCUT2D eigenvalue weighted by molar-refractivity contribution is 0.415. The molecule has 0 aliphatic carbocycles. The summed E-state index contributed by atoms with van der Waals surface area (Å²) in [4.78, 5) is 7.74. The number of para-hydroxylation sites is 1. The molecule has 0 amide bonds. The van der Waals surface area contributed by atoms with E-state index in [1.165, 1.54) is 22.0 Å². The molecule has 6 heteroatoms. The highest BCUT2D eigenvalue weighted by Gasteiger charge is 2.04. The smallest absolute Gasteiger partial charge is 0.193 e. The number of rotatable bonds is 5. The van der Waals surface area contributed by atoms with Gasteiger partial charge in [0.1, 0.15) is 5.75 Å². The Kier molecular flexibility index (Phi) is 6.69. The number of hydrogen-bond donors (Lipinski definition) is 3. The maximum absolute atomic E-state index is 5.95. The third kappa shape index (κ3) is 4.66. The summed E-state index contributed by atoms with van der Waals surface area (Å²) in [5.74, 6) is 1.22. The quantitative estimate of drug-likeness (QED) is 0.312. The van der Waals surface area contributed by atoms with E-state index in [1.807, 2.05) is 24.3 Å². The molecule has 0 radical (unpaired) electrons. The van der Waals surface area contributed by atoms with Gasteiger partial charge in [-0.15, -0.1) is 24.0 Å². The molecule has 0 aliphatic rings. The SMILES string of the molecule is COc1ccc(NC(N)=NCCc2c[nH]c3c(C)cccc23)cc1.I. The Morgan fingerprint density at radius 1 is 1.20 bits per heavy atom. The molecular weight excluding hydrogens is 427 g/mol. The van der Waals surface area contributed by atoms with E-state index in [9.17, 15) is 0 Å². The summed E-state index contributed by atoms with van der Waals surface area (Å²) in [5, 5.41) is 4.34. The van der Waals surface area contributed by atoms with Crippen molar-refractivity contribution in [1.82, 2.24) is 4.98 Å². The number of anilines is 1. The Labute approximate surface area is 164 Å². The van der Waals surface area contributed by atoms with Crippen molar-refractivity contribution in [3.8, 4) is 5.75 Å². The zero-order chi connectivity index (χ0) is 16.9. The zero-order valence-electron chi connectivity index (χ0n) is 14.4. The minimum atomic E-state index is 0. The van der Waals surface area contributed by atoms with Crippen molar-refractivity contribution in [3.05, 3.63) is 59.8 Å². The fourth-order valence-electron chi connectivity index (χ4n) is 2.73. The molecule has 132 valence electrons. The fraction of sp³-hybridized carbons (Fsp3) is 0.211. The fourth-order valence-corrected chi connectivity index (χ4v) is 2.73. The Bertz CT molecular complexity index is 855. The van der Waals surface area contributed by atoms with Crippen LogP contribution < -0.4 is 15.8 Å². The molecule has 5 nitrogen and oxygen atoms in total. The number of benzene rings is 2. The van der Waals surface area contributed by atoms with Gasteiger partial charge in [0.15, 0.2) is 5.96 Å². The Morgan fingerprint density at radius 3 is 2.68 bits per heavy atom. The number of ether oxygens (including phenoxy) is 1. The van der Waals surface area contributed by atoms with Gasteiger partial charge in [0, 0.05) is 29.3 Å². The van der Waals surface area contributed by atoms with Crippen molar-refractivity contribution in [2.24, 2.45) is 10.7 Å². The number of aryl methyl sites for hydroxylation is 1. The molecule has 0 saturated carbocycles. The minimum absolute atomic E-state index is 0. The molecule has 0 aliphatic heterocycles. The standard InChI is InChI=1S/C19H22N4O.HI/c1-13-4-3-5-17-14(12-22-18(13)17)10-11-21-19(20)23-15-6-8-16(24-2)9-7-15;/h3-9,12,22H,10-11H2,1-2H3,(H3,20,21,23);1H. The van der Waals surface area contributed by atoms with Crippen LogP contribution in [0.3, 0.4) is 0 Å². The molecule has 3 aromatic rings. The molecule has 0 fully saturated rings. The number of aliphatic imine (C=N–C) groups is 1. The van der Waals surface area contributed by atoms with Crippen LogP contribution >= 0.6 is 24.0 Å². The summed E-state index contributed by atoms with van der Waals surface area (Å²) in [6, 6.07) is 13.9. The molecule has 0 atom stereocenters. The average molecular weight is 450 g/mol. The number of nitrogens with one attached hydrogen (secondary N) is 2. The molecule has 4 N–H and O–H groups in total. The number of fused-ring (bicyclic) bond motifs is 1. The van der Waals surface area contributed by atoms with Crippen molar-refractivity contribution in [2.45, 2.75) is 13.3 Å². The van der Waals surface area contributed by atoms with Crippen LogP contribution in [0, 0.1) is 6.92 Å². The highest BCUT2D eigenvalue weighted by Crippen LogP contribution is 2.21. The molecule has 1 aromatic heterocycles. The van der Waals surface area contributed by atoms with E-state index in [0.717, 1.165) is 17.9 Å². The van der Waals surface area contributed by atoms with Gasteiger partial charge in [-0.2, -0.15) is 0 Å². The predicted octanol–water partition coefficient (Wildman–Crippen LogP) is 4.07. The van der Waals surface area contributed by atoms with Crippen molar-refractivity contribution < 1.29 is 4.74 Å². The maximum Gasteiger partial charge on any atom is 0.193 e. The number of hydrogen-bond acceptors (Lipinski definition) is 2. The van der Waals surface area contributed by atoms with E-state index in [1.54, 1.807) is 7.11 Å². The summed E-state index contributed by atoms with van der Waals surface area (Å²) in [7, 11) is 1.64. The van der Waals surface area contributed by atoms with Crippen LogP contribution in [0.25, 0.3) is 10.9 Å². The maximum atomic E-state index is 5.95. The van der Waals surface area contributed by atoms with Crippen LogP contribution in [0.5, 0.6) is 5.75 Å². The number of aromatic nitrogens is 1. The lowest BCUT2D eigenvalue weighted by Crippen LogP contribution is -2.23. The van der Waals surface area contributed by atoms with Crippen molar-refractivity contribution in [2.75, 3.05) is 19.0 Å². The first kappa shape index (κ1) is 19.1. The van der Waals surface area contributed by atoms with Crippen LogP contribution in [0.4, 0.5) is 5.69 Å². The molecule has 0 spiro atoms. The number of guanidine groups is 1. The van der Waals surface area contributed by atoms with Gasteiger partial charge in [-0.05, 0) is 48.7 Å². The number of H-pyrrole nitrogens is 1. The molecular formula is C19H23IN4O. The molecule has 0 bridgehead atoms. The largest absolute Gasteiger partial charge is 0.497 e. The molecule has 1 heterocycles. The number of aromatic amines is 1. The summed E-state index contributed by atoms with van der Waals surface area (Å²) in [6.45, 7) is 2.74. The lowest BCUT2D eigenvalue weighted by atomic mass is 10.1. The Morgan fingerprint density at radius 2 is 1.96 bits per heavy atom. The first-order valence-corrected chi connectivity index (χ1v) is 7.94. The first-order chi connectivity index (χ1) is 11.7. The van der Waals surface area contributed by atoms with Gasteiger partial charge in [-0.25, -0.2) is 0 Å². The topological polar surface area (TPSA) is 75.4 Å². The highest BCUT2D eigenvalue weighted by molar-refractivity contribution is 14.0. The van der Waals surface area contributed by atoms with Crippen molar-refractivity contribution in [3.63, 3.8) is 0 Å². The van der Waals surface area contributed by atoms with Crippen LogP contribution in [0.15, 0.2) is 53.7 Å². The number of methoxy groups -OCH3 is 1. The van der Waals surface area contributed by atoms with Crippen LogP contribution in [0.1, 0.15) is 11.1 Å². The van der Waals surface area contributed by atoms with Crippen molar-refractivity contribution >= 4 is 46.5 Å². The summed E-state index contributed by atoms with van der Waals surface area (Å²) in [6.07, 6.45) is 2.90. The van der Waals surface area contributed by atoms with E-state index in [0.29, 0.717) is 12.5 Å². The van der Waals surface area contributed by atoms with E-state index in [-0.39, 0.29) is 24.0 Å². The van der Waals surface area contributed by atoms with Gasteiger partial charge in [-0.3, -0.25) is 4.99 Å². The molecule has 2 aromatic carbocycles. The van der Waals surface area contributed by atoms with Gasteiger partial charge in [0.05, 0.1) is 7.11 Å². The lowest BCUT2D eigenvalue weighted by Gasteiger charge is -2.06. The number of nitrogens with two attached hydrogens (primary N) is 1. The Hall–Kier alpha value is -2.22. The number of halogens is 1. The van der Waals surface area contributed by atoms with Gasteiger partial charge >= 0.3 is 0 Å². The second-order valence-electron chi connectivity index (χ2n) is 5.68. The normalized spacial score (nSPS) is 11.2. The first-order valence-electron chi connectivity index (χ1n) is 7.94.